The van der Waals surface area contributed by atoms with Gasteiger partial charge in [-0.05, 0) is 45.4 Å². The highest BCUT2D eigenvalue weighted by Gasteiger charge is 2.55. The molecule has 90 valence electrons. The maximum atomic E-state index is 12.4. The van der Waals surface area contributed by atoms with E-state index < -0.39 is 5.41 Å². The van der Waals surface area contributed by atoms with Crippen molar-refractivity contribution in [2.24, 2.45) is 17.1 Å². The number of rotatable bonds is 5. The summed E-state index contributed by atoms with van der Waals surface area (Å²) in [5.74, 6) is 0.885. The highest BCUT2D eigenvalue weighted by atomic mass is 32.1. The molecule has 2 saturated carbocycles. The van der Waals surface area contributed by atoms with Gasteiger partial charge < -0.3 is 10.6 Å². The van der Waals surface area contributed by atoms with Crippen molar-refractivity contribution < 1.29 is 4.79 Å². The minimum Gasteiger partial charge on any atom is -0.392 e. The Morgan fingerprint density at radius 3 is 2.38 bits per heavy atom. The summed E-state index contributed by atoms with van der Waals surface area (Å²) in [5, 5.41) is 0. The molecule has 0 spiro atoms. The number of hydrogen-bond donors (Lipinski definition) is 1. The zero-order valence-corrected chi connectivity index (χ0v) is 10.8. The summed E-state index contributed by atoms with van der Waals surface area (Å²) >= 11 is 5.04. The first-order chi connectivity index (χ1) is 7.47. The lowest BCUT2D eigenvalue weighted by Gasteiger charge is -2.30. The summed E-state index contributed by atoms with van der Waals surface area (Å²) in [4.78, 5) is 14.8. The van der Waals surface area contributed by atoms with Crippen LogP contribution in [0.4, 0.5) is 0 Å². The van der Waals surface area contributed by atoms with E-state index in [4.69, 9.17) is 18.0 Å². The summed E-state index contributed by atoms with van der Waals surface area (Å²) in [6.45, 7) is 5.02. The van der Waals surface area contributed by atoms with Crippen molar-refractivity contribution >= 4 is 23.1 Å². The van der Waals surface area contributed by atoms with Crippen molar-refractivity contribution in [1.29, 1.82) is 0 Å². The monoisotopic (exact) mass is 240 g/mol. The van der Waals surface area contributed by atoms with E-state index in [2.05, 4.69) is 13.8 Å². The minimum absolute atomic E-state index is 0.168. The van der Waals surface area contributed by atoms with E-state index in [-0.39, 0.29) is 11.9 Å². The van der Waals surface area contributed by atoms with Gasteiger partial charge in [0.2, 0.25) is 5.91 Å². The molecule has 0 atom stereocenters. The molecule has 2 aliphatic carbocycles. The van der Waals surface area contributed by atoms with Gasteiger partial charge in [0.15, 0.2) is 0 Å². The molecular weight excluding hydrogens is 220 g/mol. The van der Waals surface area contributed by atoms with Crippen molar-refractivity contribution in [1.82, 2.24) is 4.90 Å². The smallest absolute Gasteiger partial charge is 0.235 e. The molecule has 2 aliphatic rings. The number of carbonyl (C=O) groups is 1. The van der Waals surface area contributed by atoms with Gasteiger partial charge in [0.1, 0.15) is 0 Å². The van der Waals surface area contributed by atoms with Gasteiger partial charge in [0.25, 0.3) is 0 Å². The molecule has 4 heteroatoms. The summed E-state index contributed by atoms with van der Waals surface area (Å²) in [5.41, 5.74) is 5.22. The number of thiocarbonyl (C=S) groups is 1. The lowest BCUT2D eigenvalue weighted by molar-refractivity contribution is -0.136. The largest absolute Gasteiger partial charge is 0.392 e. The van der Waals surface area contributed by atoms with Gasteiger partial charge in [-0.2, -0.15) is 0 Å². The summed E-state index contributed by atoms with van der Waals surface area (Å²) in [6, 6.07) is 0.250. The van der Waals surface area contributed by atoms with Crippen LogP contribution in [-0.2, 0) is 4.79 Å². The fourth-order valence-corrected chi connectivity index (χ4v) is 2.36. The SMILES string of the molecule is CC(C)N(CC1CC1)C(=O)C1(C(N)=S)CC1. The van der Waals surface area contributed by atoms with Crippen LogP contribution < -0.4 is 5.73 Å². The topological polar surface area (TPSA) is 46.3 Å². The lowest BCUT2D eigenvalue weighted by atomic mass is 10.0. The van der Waals surface area contributed by atoms with E-state index in [9.17, 15) is 4.79 Å². The van der Waals surface area contributed by atoms with Crippen LogP contribution in [0.1, 0.15) is 39.5 Å². The molecule has 0 bridgehead atoms. The highest BCUT2D eigenvalue weighted by molar-refractivity contribution is 7.80. The molecule has 2 rings (SSSR count). The third kappa shape index (κ3) is 2.08. The Hall–Kier alpha value is -0.640. The van der Waals surface area contributed by atoms with Gasteiger partial charge in [0.05, 0.1) is 10.4 Å². The van der Waals surface area contributed by atoms with Gasteiger partial charge in [-0.25, -0.2) is 0 Å². The molecule has 3 nitrogen and oxygen atoms in total. The number of nitrogens with two attached hydrogens (primary N) is 1. The quantitative estimate of drug-likeness (QED) is 0.744. The Labute approximate surface area is 102 Å². The molecule has 0 aromatic rings. The normalized spacial score (nSPS) is 21.9. The first-order valence-corrected chi connectivity index (χ1v) is 6.49. The standard InChI is InChI=1S/C12H20N2OS/c1-8(2)14(7-9-3-4-9)11(15)12(5-6-12)10(13)16/h8-9H,3-7H2,1-2H3,(H2,13,16). The van der Waals surface area contributed by atoms with Gasteiger partial charge in [0, 0.05) is 12.6 Å². The average molecular weight is 240 g/mol. The van der Waals surface area contributed by atoms with Crippen molar-refractivity contribution in [2.45, 2.75) is 45.6 Å². The molecule has 16 heavy (non-hydrogen) atoms. The van der Waals surface area contributed by atoms with Gasteiger partial charge in [-0.3, -0.25) is 4.79 Å². The molecule has 0 unspecified atom stereocenters. The van der Waals surface area contributed by atoms with Crippen molar-refractivity contribution in [2.75, 3.05) is 6.54 Å². The van der Waals surface area contributed by atoms with E-state index in [0.717, 1.165) is 19.4 Å². The Morgan fingerprint density at radius 2 is 2.06 bits per heavy atom. The third-order valence-electron chi connectivity index (χ3n) is 3.67. The van der Waals surface area contributed by atoms with Crippen LogP contribution in [0.25, 0.3) is 0 Å². The van der Waals surface area contributed by atoms with E-state index >= 15 is 0 Å². The summed E-state index contributed by atoms with van der Waals surface area (Å²) in [7, 11) is 0. The van der Waals surface area contributed by atoms with E-state index in [0.29, 0.717) is 10.9 Å². The third-order valence-corrected chi connectivity index (χ3v) is 4.06. The van der Waals surface area contributed by atoms with E-state index in [1.54, 1.807) is 0 Å². The summed E-state index contributed by atoms with van der Waals surface area (Å²) < 4.78 is 0. The number of amides is 1. The van der Waals surface area contributed by atoms with Crippen LogP contribution in [0.15, 0.2) is 0 Å². The summed E-state index contributed by atoms with van der Waals surface area (Å²) in [6.07, 6.45) is 4.21. The zero-order chi connectivity index (χ0) is 11.9. The average Bonchev–Trinajstić information content (AvgIpc) is 3.06. The van der Waals surface area contributed by atoms with Crippen LogP contribution in [-0.4, -0.2) is 28.4 Å². The Kier molecular flexibility index (Phi) is 2.95. The predicted molar refractivity (Wildman–Crippen MR) is 68.0 cm³/mol. The van der Waals surface area contributed by atoms with Gasteiger partial charge >= 0.3 is 0 Å². The van der Waals surface area contributed by atoms with Crippen molar-refractivity contribution in [3.63, 3.8) is 0 Å². The first-order valence-electron chi connectivity index (χ1n) is 6.08. The molecule has 0 aromatic heterocycles. The van der Waals surface area contributed by atoms with Gasteiger partial charge in [-0.1, -0.05) is 12.2 Å². The second-order valence-corrected chi connectivity index (χ2v) is 5.88. The minimum atomic E-state index is -0.478. The molecule has 2 fully saturated rings. The Bertz CT molecular complexity index is 319. The van der Waals surface area contributed by atoms with Crippen LogP contribution in [0.3, 0.4) is 0 Å². The van der Waals surface area contributed by atoms with Crippen LogP contribution in [0.2, 0.25) is 0 Å². The molecule has 0 aliphatic heterocycles. The fraction of sp³-hybridized carbons (Fsp3) is 0.833. The van der Waals surface area contributed by atoms with Crippen molar-refractivity contribution in [3.05, 3.63) is 0 Å². The Morgan fingerprint density at radius 1 is 1.50 bits per heavy atom. The molecule has 0 heterocycles. The maximum Gasteiger partial charge on any atom is 0.235 e. The second kappa shape index (κ2) is 3.99. The molecule has 0 aromatic carbocycles. The molecular formula is C12H20N2OS. The Balaban J connectivity index is 2.07. The molecule has 1 amide bonds. The number of hydrogen-bond acceptors (Lipinski definition) is 2. The van der Waals surface area contributed by atoms with Crippen LogP contribution >= 0.6 is 12.2 Å². The van der Waals surface area contributed by atoms with Gasteiger partial charge in [-0.15, -0.1) is 0 Å². The predicted octanol–water partition coefficient (Wildman–Crippen LogP) is 1.70. The lowest BCUT2D eigenvalue weighted by Crippen LogP contribution is -2.46. The first kappa shape index (κ1) is 11.8. The van der Waals surface area contributed by atoms with Crippen LogP contribution in [0, 0.1) is 11.3 Å². The highest BCUT2D eigenvalue weighted by Crippen LogP contribution is 2.48. The van der Waals surface area contributed by atoms with Crippen LogP contribution in [0.5, 0.6) is 0 Å². The zero-order valence-electron chi connectivity index (χ0n) is 10.0. The molecule has 2 N–H and O–H groups in total. The maximum absolute atomic E-state index is 12.4. The van der Waals surface area contributed by atoms with E-state index in [1.165, 1.54) is 12.8 Å². The molecule has 0 saturated heterocycles. The number of carbonyl (C=O) groups excluding carboxylic acids is 1. The van der Waals surface area contributed by atoms with E-state index in [1.807, 2.05) is 4.90 Å². The second-order valence-electron chi connectivity index (χ2n) is 5.44. The number of nitrogens with zero attached hydrogens (tertiary/aromatic N) is 1. The van der Waals surface area contributed by atoms with Crippen molar-refractivity contribution in [3.8, 4) is 0 Å². The molecule has 0 radical (unpaired) electrons. The fourth-order valence-electron chi connectivity index (χ4n) is 2.07.